The van der Waals surface area contributed by atoms with Crippen molar-refractivity contribution in [3.05, 3.63) is 53.0 Å². The fourth-order valence-electron chi connectivity index (χ4n) is 4.20. The Morgan fingerprint density at radius 3 is 2.29 bits per heavy atom. The zero-order valence-corrected chi connectivity index (χ0v) is 21.9. The molecular formula is C24H22F7N3O6S. The summed E-state index contributed by atoms with van der Waals surface area (Å²) in [5.41, 5.74) is -1.58. The van der Waals surface area contributed by atoms with E-state index in [0.717, 1.165) is 18.2 Å². The lowest BCUT2D eigenvalue weighted by Gasteiger charge is -2.34. The zero-order chi connectivity index (χ0) is 30.3. The predicted molar refractivity (Wildman–Crippen MR) is 127 cm³/mol. The Morgan fingerprint density at radius 2 is 1.76 bits per heavy atom. The normalized spacial score (nSPS) is 18.1. The molecule has 0 unspecified atom stereocenters. The molecule has 2 aliphatic rings. The number of hydrogen-bond donors (Lipinski definition) is 0. The second-order valence-corrected chi connectivity index (χ2v) is 11.3. The molecule has 2 aromatic rings. The van der Waals surface area contributed by atoms with Crippen LogP contribution in [0.5, 0.6) is 5.75 Å². The minimum absolute atomic E-state index is 0.00645. The monoisotopic (exact) mass is 613 g/mol. The third-order valence-electron chi connectivity index (χ3n) is 6.28. The largest absolute Gasteiger partial charge is 0.493 e. The van der Waals surface area contributed by atoms with Crippen molar-refractivity contribution in [2.24, 2.45) is 0 Å². The van der Waals surface area contributed by atoms with Crippen LogP contribution in [-0.2, 0) is 25.8 Å². The average Bonchev–Trinajstić information content (AvgIpc) is 3.71. The molecule has 2 fully saturated rings. The number of piperidine rings is 1. The van der Waals surface area contributed by atoms with Crippen LogP contribution in [0.3, 0.4) is 0 Å². The number of rotatable bonds is 6. The fraction of sp³-hybridized carbons (Fsp3) is 0.458. The third kappa shape index (κ3) is 7.18. The number of hydroxylamine groups is 1. The lowest BCUT2D eigenvalue weighted by Crippen LogP contribution is -2.42. The molecule has 1 aromatic heterocycles. The van der Waals surface area contributed by atoms with Crippen molar-refractivity contribution in [3.63, 3.8) is 0 Å². The van der Waals surface area contributed by atoms with Gasteiger partial charge in [0.2, 0.25) is 0 Å². The number of pyridine rings is 1. The molecule has 9 nitrogen and oxygen atoms in total. The van der Waals surface area contributed by atoms with Gasteiger partial charge < -0.3 is 14.5 Å². The average molecular weight is 614 g/mol. The molecule has 1 aliphatic heterocycles. The van der Waals surface area contributed by atoms with Crippen LogP contribution in [0.25, 0.3) is 0 Å². The molecule has 1 aromatic carbocycles. The summed E-state index contributed by atoms with van der Waals surface area (Å²) in [5.74, 6) is -6.14. The van der Waals surface area contributed by atoms with E-state index in [1.807, 2.05) is 0 Å². The van der Waals surface area contributed by atoms with Crippen molar-refractivity contribution in [2.45, 2.75) is 50.1 Å². The van der Waals surface area contributed by atoms with Crippen molar-refractivity contribution in [2.75, 3.05) is 24.2 Å². The Hall–Kier alpha value is -3.63. The number of carbonyl (C=O) groups is 2. The molecule has 4 rings (SSSR count). The Bertz CT molecular complexity index is 1430. The van der Waals surface area contributed by atoms with Gasteiger partial charge in [0.05, 0.1) is 23.9 Å². The summed E-state index contributed by atoms with van der Waals surface area (Å²) in [6.07, 6.45) is -7.52. The number of amides is 1. The molecule has 1 saturated carbocycles. The summed E-state index contributed by atoms with van der Waals surface area (Å²) >= 11 is 0. The summed E-state index contributed by atoms with van der Waals surface area (Å²) in [5, 5.41) is 0. The first-order valence-corrected chi connectivity index (χ1v) is 13.9. The summed E-state index contributed by atoms with van der Waals surface area (Å²) in [4.78, 5) is 33.3. The van der Waals surface area contributed by atoms with Gasteiger partial charge in [-0.05, 0) is 55.4 Å². The quantitative estimate of drug-likeness (QED) is 0.344. The maximum Gasteiger partial charge on any atom is 0.493 e. The Labute approximate surface area is 228 Å². The van der Waals surface area contributed by atoms with Gasteiger partial charge in [-0.2, -0.15) is 26.3 Å². The first-order valence-electron chi connectivity index (χ1n) is 12.1. The Balaban J connectivity index is 1.56. The van der Waals surface area contributed by atoms with Gasteiger partial charge in [0.25, 0.3) is 10.0 Å². The highest BCUT2D eigenvalue weighted by Crippen LogP contribution is 2.46. The molecule has 1 atom stereocenters. The van der Waals surface area contributed by atoms with Gasteiger partial charge in [0.1, 0.15) is 23.5 Å². The zero-order valence-electron chi connectivity index (χ0n) is 21.1. The number of alkyl halides is 6. The smallest absolute Gasteiger partial charge is 0.488 e. The summed E-state index contributed by atoms with van der Waals surface area (Å²) in [6, 6.07) is 3.86. The number of sulfonamides is 1. The molecule has 2 heterocycles. The SMILES string of the molecule is CS(=O)(=O)N(OC(=O)C(F)(F)F)C(=O)c1cc(C2CC2)c(O[C@@H]2CCCN(c3ccc(C(F)(F)F)cn3)C2)cc1F. The lowest BCUT2D eigenvalue weighted by molar-refractivity contribution is -0.216. The van der Waals surface area contributed by atoms with Gasteiger partial charge in [-0.25, -0.2) is 22.6 Å². The number of aromatic nitrogens is 1. The van der Waals surface area contributed by atoms with Gasteiger partial charge in [-0.3, -0.25) is 4.79 Å². The van der Waals surface area contributed by atoms with E-state index in [2.05, 4.69) is 9.82 Å². The van der Waals surface area contributed by atoms with Crippen LogP contribution in [-0.4, -0.2) is 61.4 Å². The summed E-state index contributed by atoms with van der Waals surface area (Å²) in [7, 11) is -4.91. The van der Waals surface area contributed by atoms with E-state index in [1.54, 1.807) is 4.90 Å². The second kappa shape index (κ2) is 11.0. The van der Waals surface area contributed by atoms with E-state index in [0.29, 0.717) is 44.7 Å². The number of ether oxygens (including phenoxy) is 1. The second-order valence-electron chi connectivity index (χ2n) is 9.55. The molecule has 1 amide bonds. The molecule has 41 heavy (non-hydrogen) atoms. The number of nitrogens with zero attached hydrogens (tertiary/aromatic N) is 3. The molecule has 1 saturated heterocycles. The van der Waals surface area contributed by atoms with E-state index in [4.69, 9.17) is 4.74 Å². The van der Waals surface area contributed by atoms with Gasteiger partial charge in [-0.15, -0.1) is 0 Å². The fourth-order valence-corrected chi connectivity index (χ4v) is 4.80. The molecular weight excluding hydrogens is 591 g/mol. The van der Waals surface area contributed by atoms with E-state index in [9.17, 15) is 44.3 Å². The maximum atomic E-state index is 15.1. The van der Waals surface area contributed by atoms with Crippen LogP contribution >= 0.6 is 0 Å². The molecule has 224 valence electrons. The van der Waals surface area contributed by atoms with Crippen LogP contribution in [0.2, 0.25) is 0 Å². The minimum atomic E-state index is -5.64. The standard InChI is InChI=1S/C24H22F7N3O6S/c1-41(37,38)34(40-22(36)24(29,30)31)21(35)17-9-16(13-4-5-13)19(10-18(17)25)39-15-3-2-8-33(12-15)20-7-6-14(11-32-20)23(26,27)28/h6-7,9-11,13,15H,2-5,8,12H2,1H3/t15-/m1/s1. The van der Waals surface area contributed by atoms with Gasteiger partial charge >= 0.3 is 24.2 Å². The van der Waals surface area contributed by atoms with Crippen molar-refractivity contribution >= 4 is 27.7 Å². The Kier molecular flexibility index (Phi) is 8.12. The van der Waals surface area contributed by atoms with E-state index in [-0.39, 0.29) is 29.6 Å². The van der Waals surface area contributed by atoms with Gasteiger partial charge in [-0.1, -0.05) is 4.47 Å². The first-order chi connectivity index (χ1) is 18.9. The number of halogens is 7. The summed E-state index contributed by atoms with van der Waals surface area (Å²) in [6.45, 7) is 0.646. The predicted octanol–water partition coefficient (Wildman–Crippen LogP) is 4.59. The van der Waals surface area contributed by atoms with Crippen molar-refractivity contribution in [3.8, 4) is 5.75 Å². The molecule has 1 aliphatic carbocycles. The number of anilines is 1. The van der Waals surface area contributed by atoms with E-state index in [1.165, 1.54) is 6.07 Å². The number of carbonyl (C=O) groups excluding carboxylic acids is 2. The summed E-state index contributed by atoms with van der Waals surface area (Å²) < 4.78 is 121. The molecule has 0 radical (unpaired) electrons. The van der Waals surface area contributed by atoms with Crippen LogP contribution in [0.1, 0.15) is 53.1 Å². The van der Waals surface area contributed by atoms with E-state index < -0.39 is 61.8 Å². The molecule has 0 spiro atoms. The first kappa shape index (κ1) is 30.3. The number of benzene rings is 1. The highest BCUT2D eigenvalue weighted by atomic mass is 32.2. The van der Waals surface area contributed by atoms with Crippen LogP contribution in [0.15, 0.2) is 30.5 Å². The van der Waals surface area contributed by atoms with Crippen molar-refractivity contribution < 1.29 is 58.3 Å². The number of hydrogen-bond acceptors (Lipinski definition) is 8. The highest BCUT2D eigenvalue weighted by Gasteiger charge is 2.46. The van der Waals surface area contributed by atoms with Crippen LogP contribution in [0, 0.1) is 5.82 Å². The Morgan fingerprint density at radius 1 is 1.07 bits per heavy atom. The molecule has 0 bridgehead atoms. The van der Waals surface area contributed by atoms with Crippen molar-refractivity contribution in [1.29, 1.82) is 0 Å². The highest BCUT2D eigenvalue weighted by molar-refractivity contribution is 7.88. The van der Waals surface area contributed by atoms with Crippen molar-refractivity contribution in [1.82, 2.24) is 9.45 Å². The topological polar surface area (TPSA) is 106 Å². The van der Waals surface area contributed by atoms with Gasteiger partial charge in [0, 0.05) is 18.8 Å². The van der Waals surface area contributed by atoms with E-state index >= 15 is 4.39 Å². The molecule has 0 N–H and O–H groups in total. The van der Waals surface area contributed by atoms with Gasteiger partial charge in [0.15, 0.2) is 0 Å². The van der Waals surface area contributed by atoms with Crippen LogP contribution in [0.4, 0.5) is 36.6 Å². The minimum Gasteiger partial charge on any atom is -0.488 e. The molecule has 17 heteroatoms. The van der Waals surface area contributed by atoms with Crippen LogP contribution < -0.4 is 9.64 Å². The maximum absolute atomic E-state index is 15.1. The lowest BCUT2D eigenvalue weighted by atomic mass is 10.0. The third-order valence-corrected chi connectivity index (χ3v) is 7.13.